The maximum Gasteiger partial charge on any atom is 0.318 e. The second kappa shape index (κ2) is 3.31. The van der Waals surface area contributed by atoms with Crippen LogP contribution in [0.25, 0.3) is 0 Å². The predicted octanol–water partition coefficient (Wildman–Crippen LogP) is 0.367. The summed E-state index contributed by atoms with van der Waals surface area (Å²) >= 11 is 0. The normalized spacial score (nSPS) is 54.1. The number of fused-ring (bicyclic) bond motifs is 1. The molecular formula is C15H11FO6. The third-order valence-corrected chi connectivity index (χ3v) is 6.53. The van der Waals surface area contributed by atoms with Crippen molar-refractivity contribution < 1.29 is 33.0 Å². The summed E-state index contributed by atoms with van der Waals surface area (Å²) in [4.78, 5) is 47.8. The van der Waals surface area contributed by atoms with Gasteiger partial charge in [-0.1, -0.05) is 6.92 Å². The maximum atomic E-state index is 14.4. The molecule has 8 unspecified atom stereocenters. The quantitative estimate of drug-likeness (QED) is 0.474. The molecule has 2 bridgehead atoms. The SMILES string of the molecule is CC12C3C=C(F)C(C4C(=O)OC(=O)C43)C1C1C(=O)OC(=O)C12. The molecule has 2 saturated heterocycles. The Morgan fingerprint density at radius 3 is 2.23 bits per heavy atom. The van der Waals surface area contributed by atoms with Gasteiger partial charge in [0.1, 0.15) is 5.83 Å². The Morgan fingerprint density at radius 1 is 0.909 bits per heavy atom. The zero-order valence-electron chi connectivity index (χ0n) is 11.4. The third kappa shape index (κ3) is 0.996. The summed E-state index contributed by atoms with van der Waals surface area (Å²) in [5.41, 5.74) is -0.737. The molecule has 0 aromatic rings. The fraction of sp³-hybridized carbons (Fsp3) is 0.600. The van der Waals surface area contributed by atoms with E-state index in [0.717, 1.165) is 0 Å². The van der Waals surface area contributed by atoms with Gasteiger partial charge in [-0.2, -0.15) is 0 Å². The van der Waals surface area contributed by atoms with Crippen LogP contribution in [-0.4, -0.2) is 23.9 Å². The predicted molar refractivity (Wildman–Crippen MR) is 63.9 cm³/mol. The van der Waals surface area contributed by atoms with Crippen LogP contribution >= 0.6 is 0 Å². The lowest BCUT2D eigenvalue weighted by Gasteiger charge is -2.66. The number of carbonyl (C=O) groups is 4. The molecule has 0 aromatic carbocycles. The summed E-state index contributed by atoms with van der Waals surface area (Å²) in [6, 6.07) is 0. The number of carbonyl (C=O) groups excluding carboxylic acids is 4. The molecule has 0 spiro atoms. The minimum Gasteiger partial charge on any atom is -0.393 e. The van der Waals surface area contributed by atoms with Gasteiger partial charge in [0.2, 0.25) is 0 Å². The number of allylic oxidation sites excluding steroid dienone is 2. The summed E-state index contributed by atoms with van der Waals surface area (Å²) < 4.78 is 23.9. The lowest BCUT2D eigenvalue weighted by atomic mass is 9.33. The van der Waals surface area contributed by atoms with Crippen LogP contribution in [0, 0.1) is 46.8 Å². The van der Waals surface area contributed by atoms with E-state index in [1.807, 2.05) is 0 Å². The zero-order chi connectivity index (χ0) is 15.5. The van der Waals surface area contributed by atoms with Gasteiger partial charge in [-0.25, -0.2) is 4.39 Å². The molecule has 22 heavy (non-hydrogen) atoms. The van der Waals surface area contributed by atoms with Gasteiger partial charge in [0, 0.05) is 11.8 Å². The van der Waals surface area contributed by atoms with E-state index in [2.05, 4.69) is 0 Å². The smallest absolute Gasteiger partial charge is 0.318 e. The first-order valence-corrected chi connectivity index (χ1v) is 7.25. The minimum atomic E-state index is -0.884. The molecule has 6 rings (SSSR count). The number of rotatable bonds is 0. The van der Waals surface area contributed by atoms with E-state index in [9.17, 15) is 23.6 Å². The molecule has 7 heteroatoms. The summed E-state index contributed by atoms with van der Waals surface area (Å²) in [5, 5.41) is 0. The van der Waals surface area contributed by atoms with Gasteiger partial charge in [-0.3, -0.25) is 19.2 Å². The van der Waals surface area contributed by atoms with Crippen molar-refractivity contribution in [1.29, 1.82) is 0 Å². The van der Waals surface area contributed by atoms with Crippen molar-refractivity contribution in [2.75, 3.05) is 0 Å². The standard InChI is InChI=1S/C15H11FO6/c1-15-3-2-4(16)6(7-5(3)11(17)21-12(7)18)9(15)8-10(15)14(20)22-13(8)19/h2-3,5-10H,1H3. The zero-order valence-corrected chi connectivity index (χ0v) is 11.4. The molecule has 2 aliphatic heterocycles. The molecule has 0 aromatic heterocycles. The van der Waals surface area contributed by atoms with E-state index in [1.54, 1.807) is 6.92 Å². The highest BCUT2D eigenvalue weighted by Gasteiger charge is 2.81. The van der Waals surface area contributed by atoms with Crippen molar-refractivity contribution in [2.45, 2.75) is 6.92 Å². The average Bonchev–Trinajstić information content (AvgIpc) is 2.85. The van der Waals surface area contributed by atoms with Crippen LogP contribution in [0.1, 0.15) is 6.92 Å². The summed E-state index contributed by atoms with van der Waals surface area (Å²) in [7, 11) is 0. The molecule has 0 radical (unpaired) electrons. The van der Waals surface area contributed by atoms with Gasteiger partial charge in [0.15, 0.2) is 0 Å². The highest BCUT2D eigenvalue weighted by Crippen LogP contribution is 2.75. The van der Waals surface area contributed by atoms with Crippen molar-refractivity contribution in [2.24, 2.45) is 46.8 Å². The first-order valence-electron chi connectivity index (χ1n) is 7.25. The number of ether oxygens (including phenoxy) is 2. The van der Waals surface area contributed by atoms with Gasteiger partial charge in [0.05, 0.1) is 23.7 Å². The number of hydrogen-bond acceptors (Lipinski definition) is 6. The molecule has 6 nitrogen and oxygen atoms in total. The highest BCUT2D eigenvalue weighted by atomic mass is 19.1. The van der Waals surface area contributed by atoms with Gasteiger partial charge in [0.25, 0.3) is 0 Å². The van der Waals surface area contributed by atoms with Crippen molar-refractivity contribution >= 4 is 23.9 Å². The van der Waals surface area contributed by atoms with Crippen LogP contribution in [0.5, 0.6) is 0 Å². The number of hydrogen-bond donors (Lipinski definition) is 0. The summed E-state index contributed by atoms with van der Waals surface area (Å²) in [6.07, 6.45) is 1.34. The molecule has 0 amide bonds. The van der Waals surface area contributed by atoms with E-state index in [0.29, 0.717) is 0 Å². The minimum absolute atomic E-state index is 0.481. The molecule has 0 N–H and O–H groups in total. The van der Waals surface area contributed by atoms with E-state index in [-0.39, 0.29) is 0 Å². The van der Waals surface area contributed by atoms with Crippen LogP contribution in [0.2, 0.25) is 0 Å². The Kier molecular flexibility index (Phi) is 1.88. The van der Waals surface area contributed by atoms with Crippen molar-refractivity contribution in [3.63, 3.8) is 0 Å². The monoisotopic (exact) mass is 306 g/mol. The Hall–Kier alpha value is -2.05. The fourth-order valence-electron chi connectivity index (χ4n) is 5.81. The van der Waals surface area contributed by atoms with Crippen molar-refractivity contribution in [1.82, 2.24) is 0 Å². The van der Waals surface area contributed by atoms with Crippen molar-refractivity contribution in [3.05, 3.63) is 11.9 Å². The van der Waals surface area contributed by atoms with Crippen LogP contribution in [-0.2, 0) is 28.7 Å². The number of esters is 4. The topological polar surface area (TPSA) is 86.7 Å². The summed E-state index contributed by atoms with van der Waals surface area (Å²) in [5.74, 6) is -8.13. The molecule has 6 aliphatic rings. The maximum absolute atomic E-state index is 14.4. The summed E-state index contributed by atoms with van der Waals surface area (Å²) in [6.45, 7) is 1.78. The van der Waals surface area contributed by atoms with Crippen molar-refractivity contribution in [3.8, 4) is 0 Å². The number of halogens is 1. The second-order valence-electron chi connectivity index (χ2n) is 7.03. The average molecular weight is 306 g/mol. The van der Waals surface area contributed by atoms with Gasteiger partial charge in [-0.05, 0) is 17.4 Å². The molecule has 4 fully saturated rings. The lowest BCUT2D eigenvalue weighted by molar-refractivity contribution is -0.209. The molecule has 8 atom stereocenters. The van der Waals surface area contributed by atoms with E-state index >= 15 is 0 Å². The Bertz CT molecular complexity index is 726. The van der Waals surface area contributed by atoms with Crippen LogP contribution < -0.4 is 0 Å². The second-order valence-corrected chi connectivity index (χ2v) is 7.03. The van der Waals surface area contributed by atoms with Crippen LogP contribution in [0.3, 0.4) is 0 Å². The Morgan fingerprint density at radius 2 is 1.50 bits per heavy atom. The van der Waals surface area contributed by atoms with E-state index in [4.69, 9.17) is 9.47 Å². The molecular weight excluding hydrogens is 295 g/mol. The molecule has 114 valence electrons. The van der Waals surface area contributed by atoms with E-state index in [1.165, 1.54) is 6.08 Å². The molecule has 2 heterocycles. The first-order chi connectivity index (χ1) is 10.4. The van der Waals surface area contributed by atoms with Gasteiger partial charge >= 0.3 is 23.9 Å². The molecule has 4 aliphatic carbocycles. The van der Waals surface area contributed by atoms with Gasteiger partial charge in [-0.15, -0.1) is 0 Å². The third-order valence-electron chi connectivity index (χ3n) is 6.53. The first kappa shape index (κ1) is 12.5. The Labute approximate surface area is 123 Å². The molecule has 2 saturated carbocycles. The Balaban J connectivity index is 1.72. The largest absolute Gasteiger partial charge is 0.393 e. The lowest BCUT2D eigenvalue weighted by Crippen LogP contribution is -2.70. The van der Waals surface area contributed by atoms with Crippen LogP contribution in [0.4, 0.5) is 4.39 Å². The van der Waals surface area contributed by atoms with Crippen LogP contribution in [0.15, 0.2) is 11.9 Å². The fourth-order valence-corrected chi connectivity index (χ4v) is 5.81. The van der Waals surface area contributed by atoms with E-state index < -0.39 is 76.5 Å². The van der Waals surface area contributed by atoms with Gasteiger partial charge < -0.3 is 9.47 Å². The number of cyclic esters (lactones) is 4. The highest BCUT2D eigenvalue weighted by molar-refractivity contribution is 6.02.